The van der Waals surface area contributed by atoms with Gasteiger partial charge in [-0.2, -0.15) is 0 Å². The van der Waals surface area contributed by atoms with Gasteiger partial charge in [0, 0.05) is 13.1 Å². The summed E-state index contributed by atoms with van der Waals surface area (Å²) in [5.74, 6) is 0.834. The molecule has 20 heavy (non-hydrogen) atoms. The number of hydrogen-bond donors (Lipinski definition) is 1. The summed E-state index contributed by atoms with van der Waals surface area (Å²) in [6.07, 6.45) is 3.97. The Labute approximate surface area is 124 Å². The summed E-state index contributed by atoms with van der Waals surface area (Å²) in [6.45, 7) is 12.7. The first kappa shape index (κ1) is 15.5. The van der Waals surface area contributed by atoms with Crippen LogP contribution in [0.15, 0.2) is 18.2 Å². The van der Waals surface area contributed by atoms with Gasteiger partial charge < -0.3 is 5.32 Å². The number of piperidine rings is 1. The summed E-state index contributed by atoms with van der Waals surface area (Å²) in [6, 6.07) is 6.95. The minimum atomic E-state index is 0.834. The topological polar surface area (TPSA) is 15.3 Å². The van der Waals surface area contributed by atoms with Gasteiger partial charge in [0.25, 0.3) is 0 Å². The summed E-state index contributed by atoms with van der Waals surface area (Å²) < 4.78 is 0. The monoisotopic (exact) mass is 274 g/mol. The van der Waals surface area contributed by atoms with Gasteiger partial charge in [-0.05, 0) is 64.2 Å². The lowest BCUT2D eigenvalue weighted by molar-refractivity contribution is 0.201. The van der Waals surface area contributed by atoms with Crippen molar-refractivity contribution >= 4 is 0 Å². The number of hydrogen-bond acceptors (Lipinski definition) is 2. The van der Waals surface area contributed by atoms with Gasteiger partial charge in [0.2, 0.25) is 0 Å². The summed E-state index contributed by atoms with van der Waals surface area (Å²) >= 11 is 0. The fourth-order valence-electron chi connectivity index (χ4n) is 3.41. The van der Waals surface area contributed by atoms with Crippen molar-refractivity contribution in [3.63, 3.8) is 0 Å². The molecule has 0 radical (unpaired) electrons. The minimum Gasteiger partial charge on any atom is -0.316 e. The van der Waals surface area contributed by atoms with E-state index >= 15 is 0 Å². The van der Waals surface area contributed by atoms with Crippen molar-refractivity contribution in [2.24, 2.45) is 5.92 Å². The lowest BCUT2D eigenvalue weighted by atomic mass is 9.98. The van der Waals surface area contributed by atoms with E-state index in [1.165, 1.54) is 62.1 Å². The predicted molar refractivity (Wildman–Crippen MR) is 87.1 cm³/mol. The van der Waals surface area contributed by atoms with Crippen LogP contribution in [0.3, 0.4) is 0 Å². The van der Waals surface area contributed by atoms with Crippen molar-refractivity contribution < 1.29 is 0 Å². The van der Waals surface area contributed by atoms with Gasteiger partial charge in [-0.15, -0.1) is 0 Å². The maximum atomic E-state index is 3.54. The summed E-state index contributed by atoms with van der Waals surface area (Å²) in [5.41, 5.74) is 4.24. The molecule has 1 fully saturated rings. The van der Waals surface area contributed by atoms with Crippen LogP contribution < -0.4 is 5.32 Å². The van der Waals surface area contributed by atoms with E-state index in [0.29, 0.717) is 0 Å². The Morgan fingerprint density at radius 1 is 1.20 bits per heavy atom. The van der Waals surface area contributed by atoms with Crippen LogP contribution in [-0.2, 0) is 6.54 Å². The number of nitrogens with one attached hydrogen (secondary N) is 1. The molecule has 1 N–H and O–H groups in total. The third-order valence-electron chi connectivity index (χ3n) is 4.14. The van der Waals surface area contributed by atoms with Crippen LogP contribution in [0.2, 0.25) is 0 Å². The standard InChI is InChI=1S/C18H30N2/c1-4-8-20(13-17-6-5-7-19-12-17)14-18-10-15(2)9-16(3)11-18/h9-11,17,19H,4-8,12-14H2,1-3H3. The Bertz CT molecular complexity index is 388. The number of benzene rings is 1. The molecule has 0 aromatic heterocycles. The fraction of sp³-hybridized carbons (Fsp3) is 0.667. The van der Waals surface area contributed by atoms with Gasteiger partial charge in [0.15, 0.2) is 0 Å². The van der Waals surface area contributed by atoms with Crippen molar-refractivity contribution in [3.05, 3.63) is 34.9 Å². The quantitative estimate of drug-likeness (QED) is 0.854. The smallest absolute Gasteiger partial charge is 0.0234 e. The van der Waals surface area contributed by atoms with E-state index in [2.05, 4.69) is 49.2 Å². The van der Waals surface area contributed by atoms with E-state index in [4.69, 9.17) is 0 Å². The summed E-state index contributed by atoms with van der Waals surface area (Å²) in [5, 5.41) is 3.54. The zero-order valence-electron chi connectivity index (χ0n) is 13.4. The first-order valence-corrected chi connectivity index (χ1v) is 8.17. The maximum Gasteiger partial charge on any atom is 0.0234 e. The molecule has 1 aliphatic rings. The van der Waals surface area contributed by atoms with Gasteiger partial charge in [0.1, 0.15) is 0 Å². The molecule has 0 aliphatic carbocycles. The second-order valence-electron chi connectivity index (χ2n) is 6.44. The Kier molecular flexibility index (Phi) is 6.06. The Morgan fingerprint density at radius 2 is 1.95 bits per heavy atom. The molecule has 0 amide bonds. The van der Waals surface area contributed by atoms with Gasteiger partial charge in [-0.25, -0.2) is 0 Å². The van der Waals surface area contributed by atoms with Crippen molar-refractivity contribution in [2.75, 3.05) is 26.2 Å². The molecule has 1 aromatic carbocycles. The average Bonchev–Trinajstić information content (AvgIpc) is 2.39. The molecule has 1 unspecified atom stereocenters. The third kappa shape index (κ3) is 4.92. The van der Waals surface area contributed by atoms with Crippen LogP contribution in [0.1, 0.15) is 42.9 Å². The third-order valence-corrected chi connectivity index (χ3v) is 4.14. The molecule has 1 atom stereocenters. The van der Waals surface area contributed by atoms with Crippen molar-refractivity contribution in [1.82, 2.24) is 10.2 Å². The van der Waals surface area contributed by atoms with Crippen LogP contribution in [0.5, 0.6) is 0 Å². The first-order chi connectivity index (χ1) is 9.67. The van der Waals surface area contributed by atoms with Crippen molar-refractivity contribution in [1.29, 1.82) is 0 Å². The van der Waals surface area contributed by atoms with Crippen LogP contribution >= 0.6 is 0 Å². The highest BCUT2D eigenvalue weighted by molar-refractivity contribution is 5.28. The largest absolute Gasteiger partial charge is 0.316 e. The first-order valence-electron chi connectivity index (χ1n) is 8.17. The van der Waals surface area contributed by atoms with E-state index in [0.717, 1.165) is 12.5 Å². The Hall–Kier alpha value is -0.860. The minimum absolute atomic E-state index is 0.834. The van der Waals surface area contributed by atoms with E-state index in [1.807, 2.05) is 0 Å². The van der Waals surface area contributed by atoms with Crippen molar-refractivity contribution in [3.8, 4) is 0 Å². The molecule has 1 aromatic rings. The molecule has 2 rings (SSSR count). The lowest BCUT2D eigenvalue weighted by Crippen LogP contribution is -2.38. The second-order valence-corrected chi connectivity index (χ2v) is 6.44. The number of nitrogens with zero attached hydrogens (tertiary/aromatic N) is 1. The molecular weight excluding hydrogens is 244 g/mol. The van der Waals surface area contributed by atoms with Crippen LogP contribution in [0.4, 0.5) is 0 Å². The van der Waals surface area contributed by atoms with E-state index in [9.17, 15) is 0 Å². The summed E-state index contributed by atoms with van der Waals surface area (Å²) in [7, 11) is 0. The highest BCUT2D eigenvalue weighted by Gasteiger charge is 2.16. The highest BCUT2D eigenvalue weighted by Crippen LogP contribution is 2.16. The molecule has 112 valence electrons. The van der Waals surface area contributed by atoms with Crippen molar-refractivity contribution in [2.45, 2.75) is 46.6 Å². The second kappa shape index (κ2) is 7.80. The molecule has 0 spiro atoms. The normalized spacial score (nSPS) is 19.5. The van der Waals surface area contributed by atoms with E-state index in [1.54, 1.807) is 0 Å². The predicted octanol–water partition coefficient (Wildman–Crippen LogP) is 3.52. The van der Waals surface area contributed by atoms with Gasteiger partial charge in [-0.3, -0.25) is 4.90 Å². The highest BCUT2D eigenvalue weighted by atomic mass is 15.1. The number of aryl methyl sites for hydroxylation is 2. The van der Waals surface area contributed by atoms with Crippen LogP contribution in [0, 0.1) is 19.8 Å². The molecule has 1 saturated heterocycles. The van der Waals surface area contributed by atoms with Gasteiger partial charge in [0.05, 0.1) is 0 Å². The molecule has 0 bridgehead atoms. The van der Waals surface area contributed by atoms with Gasteiger partial charge in [-0.1, -0.05) is 36.2 Å². The zero-order valence-corrected chi connectivity index (χ0v) is 13.4. The Morgan fingerprint density at radius 3 is 2.55 bits per heavy atom. The number of rotatable bonds is 6. The Balaban J connectivity index is 1.96. The average molecular weight is 274 g/mol. The van der Waals surface area contributed by atoms with Crippen LogP contribution in [-0.4, -0.2) is 31.1 Å². The van der Waals surface area contributed by atoms with Crippen LogP contribution in [0.25, 0.3) is 0 Å². The molecule has 1 aliphatic heterocycles. The van der Waals surface area contributed by atoms with Gasteiger partial charge >= 0.3 is 0 Å². The molecule has 0 saturated carbocycles. The lowest BCUT2D eigenvalue weighted by Gasteiger charge is -2.30. The summed E-state index contributed by atoms with van der Waals surface area (Å²) in [4.78, 5) is 2.64. The molecule has 1 heterocycles. The molecule has 2 nitrogen and oxygen atoms in total. The van der Waals surface area contributed by atoms with E-state index < -0.39 is 0 Å². The molecule has 2 heteroatoms. The zero-order chi connectivity index (χ0) is 14.4. The fourth-order valence-corrected chi connectivity index (χ4v) is 3.41. The maximum absolute atomic E-state index is 3.54. The molecular formula is C18H30N2. The van der Waals surface area contributed by atoms with E-state index in [-0.39, 0.29) is 0 Å². The SMILES string of the molecule is CCCN(Cc1cc(C)cc(C)c1)CC1CCCNC1.